The molecule has 28 heavy (non-hydrogen) atoms. The number of rotatable bonds is 1. The van der Waals surface area contributed by atoms with E-state index in [4.69, 9.17) is 4.74 Å². The van der Waals surface area contributed by atoms with Gasteiger partial charge in [0.25, 0.3) is 0 Å². The SMILES string of the molecule is c1ccc2c(c1)Oc1ccc(-c3ccc4c(c3)Sc3ccccc3S4)cc1S2. The third-order valence-electron chi connectivity index (χ3n) is 4.80. The van der Waals surface area contributed by atoms with Crippen molar-refractivity contribution in [2.45, 2.75) is 29.4 Å². The molecule has 0 unspecified atom stereocenters. The Balaban J connectivity index is 1.36. The molecule has 0 atom stereocenters. The van der Waals surface area contributed by atoms with E-state index in [1.165, 1.54) is 40.5 Å². The van der Waals surface area contributed by atoms with Crippen LogP contribution in [-0.4, -0.2) is 0 Å². The summed E-state index contributed by atoms with van der Waals surface area (Å²) in [5.74, 6) is 1.87. The molecule has 2 aliphatic heterocycles. The van der Waals surface area contributed by atoms with Crippen molar-refractivity contribution >= 4 is 35.3 Å². The van der Waals surface area contributed by atoms with E-state index >= 15 is 0 Å². The van der Waals surface area contributed by atoms with Crippen LogP contribution in [0.4, 0.5) is 0 Å². The molecule has 2 heterocycles. The quantitative estimate of drug-likeness (QED) is 0.268. The van der Waals surface area contributed by atoms with Gasteiger partial charge in [0.15, 0.2) is 0 Å². The first kappa shape index (κ1) is 16.7. The van der Waals surface area contributed by atoms with Crippen molar-refractivity contribution in [2.24, 2.45) is 0 Å². The summed E-state index contributed by atoms with van der Waals surface area (Å²) in [5.41, 5.74) is 2.47. The van der Waals surface area contributed by atoms with Crippen molar-refractivity contribution in [3.8, 4) is 22.6 Å². The summed E-state index contributed by atoms with van der Waals surface area (Å²) in [6.07, 6.45) is 0. The molecule has 0 aromatic heterocycles. The van der Waals surface area contributed by atoms with Crippen LogP contribution in [0.1, 0.15) is 0 Å². The molecule has 0 N–H and O–H groups in total. The van der Waals surface area contributed by atoms with Gasteiger partial charge in [0, 0.05) is 19.6 Å². The van der Waals surface area contributed by atoms with Gasteiger partial charge in [0.2, 0.25) is 0 Å². The smallest absolute Gasteiger partial charge is 0.141 e. The highest BCUT2D eigenvalue weighted by Crippen LogP contribution is 2.50. The Bertz CT molecular complexity index is 1140. The molecule has 4 aromatic rings. The zero-order valence-corrected chi connectivity index (χ0v) is 17.2. The second kappa shape index (κ2) is 6.66. The first-order valence-electron chi connectivity index (χ1n) is 9.01. The molecule has 134 valence electrons. The van der Waals surface area contributed by atoms with Crippen LogP contribution in [-0.2, 0) is 0 Å². The first-order valence-corrected chi connectivity index (χ1v) is 11.5. The van der Waals surface area contributed by atoms with Gasteiger partial charge in [0.05, 0.1) is 9.79 Å². The van der Waals surface area contributed by atoms with Crippen LogP contribution in [0.5, 0.6) is 11.5 Å². The summed E-state index contributed by atoms with van der Waals surface area (Å²) in [6, 6.07) is 30.1. The average Bonchev–Trinajstić information content (AvgIpc) is 2.75. The van der Waals surface area contributed by atoms with E-state index in [1.54, 1.807) is 11.8 Å². The van der Waals surface area contributed by atoms with Gasteiger partial charge in [-0.25, -0.2) is 0 Å². The van der Waals surface area contributed by atoms with Gasteiger partial charge < -0.3 is 4.74 Å². The third-order valence-corrected chi connectivity index (χ3v) is 8.44. The molecule has 0 saturated carbocycles. The largest absolute Gasteiger partial charge is 0.455 e. The predicted octanol–water partition coefficient (Wildman–Crippen LogP) is 8.23. The van der Waals surface area contributed by atoms with Crippen molar-refractivity contribution in [3.05, 3.63) is 84.9 Å². The average molecular weight is 415 g/mol. The second-order valence-corrected chi connectivity index (χ2v) is 9.88. The van der Waals surface area contributed by atoms with E-state index in [9.17, 15) is 0 Å². The number of para-hydroxylation sites is 1. The Morgan fingerprint density at radius 2 is 0.964 bits per heavy atom. The lowest BCUT2D eigenvalue weighted by molar-refractivity contribution is 0.454. The fourth-order valence-corrected chi connectivity index (χ4v) is 6.66. The van der Waals surface area contributed by atoms with Crippen molar-refractivity contribution in [3.63, 3.8) is 0 Å². The molecule has 0 aliphatic carbocycles. The zero-order chi connectivity index (χ0) is 18.5. The van der Waals surface area contributed by atoms with Crippen LogP contribution >= 0.6 is 35.3 Å². The molecule has 0 bridgehead atoms. The van der Waals surface area contributed by atoms with E-state index in [2.05, 4.69) is 72.8 Å². The molecular formula is C24H14OS3. The second-order valence-electron chi connectivity index (χ2n) is 6.62. The van der Waals surface area contributed by atoms with Gasteiger partial charge in [-0.3, -0.25) is 0 Å². The van der Waals surface area contributed by atoms with Gasteiger partial charge in [0.1, 0.15) is 11.5 Å². The lowest BCUT2D eigenvalue weighted by Gasteiger charge is -2.21. The van der Waals surface area contributed by atoms with Gasteiger partial charge in [-0.1, -0.05) is 71.7 Å². The summed E-state index contributed by atoms with van der Waals surface area (Å²) < 4.78 is 6.07. The predicted molar refractivity (Wildman–Crippen MR) is 117 cm³/mol. The van der Waals surface area contributed by atoms with Crippen LogP contribution < -0.4 is 4.74 Å². The monoisotopic (exact) mass is 414 g/mol. The normalized spacial score (nSPS) is 13.6. The Kier molecular flexibility index (Phi) is 3.96. The van der Waals surface area contributed by atoms with Crippen LogP contribution in [0.15, 0.2) is 114 Å². The number of fused-ring (bicyclic) bond motifs is 4. The molecule has 4 aromatic carbocycles. The lowest BCUT2D eigenvalue weighted by atomic mass is 10.1. The highest BCUT2D eigenvalue weighted by molar-refractivity contribution is 8.05. The molecule has 2 aliphatic rings. The maximum Gasteiger partial charge on any atom is 0.141 e. The summed E-state index contributed by atoms with van der Waals surface area (Å²) in [6.45, 7) is 0. The van der Waals surface area contributed by atoms with E-state index in [0.29, 0.717) is 0 Å². The standard InChI is InChI=1S/C24H14OS3/c1-2-6-19-17(5-1)25-18-11-9-15(13-23(18)26-19)16-10-12-22-24(14-16)28-21-8-4-3-7-20(21)27-22/h1-14H. The van der Waals surface area contributed by atoms with Crippen LogP contribution in [0, 0.1) is 0 Å². The van der Waals surface area contributed by atoms with Gasteiger partial charge in [-0.2, -0.15) is 0 Å². The minimum atomic E-state index is 0.935. The molecule has 6 rings (SSSR count). The van der Waals surface area contributed by atoms with Crippen molar-refractivity contribution in [1.29, 1.82) is 0 Å². The minimum Gasteiger partial charge on any atom is -0.455 e. The Morgan fingerprint density at radius 3 is 1.79 bits per heavy atom. The third kappa shape index (κ3) is 2.84. The molecule has 4 heteroatoms. The number of hydrogen-bond donors (Lipinski definition) is 0. The molecule has 0 radical (unpaired) electrons. The Hall–Kier alpha value is -2.27. The van der Waals surface area contributed by atoms with Crippen molar-refractivity contribution in [1.82, 2.24) is 0 Å². The number of ether oxygens (including phenoxy) is 1. The topological polar surface area (TPSA) is 9.23 Å². The maximum absolute atomic E-state index is 6.07. The van der Waals surface area contributed by atoms with Crippen LogP contribution in [0.3, 0.4) is 0 Å². The number of hydrogen-bond acceptors (Lipinski definition) is 4. The van der Waals surface area contributed by atoms with Gasteiger partial charge in [-0.05, 0) is 59.7 Å². The Labute approximate surface area is 176 Å². The molecular weight excluding hydrogens is 400 g/mol. The summed E-state index contributed by atoms with van der Waals surface area (Å²) >= 11 is 5.49. The van der Waals surface area contributed by atoms with Crippen molar-refractivity contribution < 1.29 is 4.74 Å². The molecule has 1 nitrogen and oxygen atoms in total. The van der Waals surface area contributed by atoms with E-state index in [0.717, 1.165) is 11.5 Å². The summed E-state index contributed by atoms with van der Waals surface area (Å²) in [4.78, 5) is 7.67. The molecule has 0 fully saturated rings. The van der Waals surface area contributed by atoms with Gasteiger partial charge in [-0.15, -0.1) is 0 Å². The van der Waals surface area contributed by atoms with Crippen LogP contribution in [0.2, 0.25) is 0 Å². The summed E-state index contributed by atoms with van der Waals surface area (Å²) in [5, 5.41) is 0. The molecule has 0 saturated heterocycles. The van der Waals surface area contributed by atoms with Gasteiger partial charge >= 0.3 is 0 Å². The lowest BCUT2D eigenvalue weighted by Crippen LogP contribution is -1.95. The fraction of sp³-hybridized carbons (Fsp3) is 0. The fourth-order valence-electron chi connectivity index (χ4n) is 3.41. The highest BCUT2D eigenvalue weighted by atomic mass is 32.2. The first-order chi connectivity index (χ1) is 13.8. The number of benzene rings is 4. The molecule has 0 amide bonds. The zero-order valence-electron chi connectivity index (χ0n) is 14.7. The van der Waals surface area contributed by atoms with E-state index in [1.807, 2.05) is 35.7 Å². The minimum absolute atomic E-state index is 0.935. The maximum atomic E-state index is 6.07. The summed E-state index contributed by atoms with van der Waals surface area (Å²) in [7, 11) is 0. The molecule has 0 spiro atoms. The highest BCUT2D eigenvalue weighted by Gasteiger charge is 2.20. The van der Waals surface area contributed by atoms with E-state index < -0.39 is 0 Å². The van der Waals surface area contributed by atoms with Crippen molar-refractivity contribution in [2.75, 3.05) is 0 Å². The van der Waals surface area contributed by atoms with Crippen LogP contribution in [0.25, 0.3) is 11.1 Å². The van der Waals surface area contributed by atoms with E-state index in [-0.39, 0.29) is 0 Å². The Morgan fingerprint density at radius 1 is 0.429 bits per heavy atom.